The average molecular weight is 447 g/mol. The second-order valence-corrected chi connectivity index (χ2v) is 7.82. The minimum atomic E-state index is -0.665. The van der Waals surface area contributed by atoms with Crippen LogP contribution in [0, 0.1) is 13.8 Å². The smallest absolute Gasteiger partial charge is 0.263 e. The number of ether oxygens (including phenoxy) is 1. The van der Waals surface area contributed by atoms with E-state index in [-0.39, 0.29) is 18.9 Å². The summed E-state index contributed by atoms with van der Waals surface area (Å²) in [6.07, 6.45) is 0.167. The average Bonchev–Trinajstić information content (AvgIpc) is 2.64. The van der Waals surface area contributed by atoms with Crippen molar-refractivity contribution >= 4 is 27.7 Å². The first kappa shape index (κ1) is 22.0. The van der Waals surface area contributed by atoms with E-state index in [4.69, 9.17) is 10.5 Å². The summed E-state index contributed by atoms with van der Waals surface area (Å²) < 4.78 is 6.98. The van der Waals surface area contributed by atoms with Crippen LogP contribution in [-0.4, -0.2) is 35.9 Å². The van der Waals surface area contributed by atoms with Gasteiger partial charge in [-0.25, -0.2) is 0 Å². The van der Waals surface area contributed by atoms with Gasteiger partial charge in [-0.15, -0.1) is 0 Å². The van der Waals surface area contributed by atoms with Crippen LogP contribution in [0.3, 0.4) is 0 Å². The number of nitrogens with zero attached hydrogens (tertiary/aromatic N) is 1. The van der Waals surface area contributed by atoms with Gasteiger partial charge in [0.15, 0.2) is 6.10 Å². The van der Waals surface area contributed by atoms with Crippen LogP contribution in [0.5, 0.6) is 5.75 Å². The molecule has 0 aliphatic heterocycles. The van der Waals surface area contributed by atoms with Crippen molar-refractivity contribution in [1.29, 1.82) is 0 Å². The molecule has 0 radical (unpaired) electrons. The molecule has 2 aromatic rings. The van der Waals surface area contributed by atoms with Crippen LogP contribution >= 0.6 is 15.9 Å². The third-order valence-corrected chi connectivity index (χ3v) is 4.98. The van der Waals surface area contributed by atoms with Crippen LogP contribution in [0.25, 0.3) is 0 Å². The van der Waals surface area contributed by atoms with Gasteiger partial charge < -0.3 is 15.4 Å². The van der Waals surface area contributed by atoms with E-state index in [2.05, 4.69) is 15.9 Å². The molecule has 1 atom stereocenters. The number of amides is 2. The Morgan fingerprint density at radius 3 is 2.29 bits per heavy atom. The third-order valence-electron chi connectivity index (χ3n) is 4.52. The SMILES string of the molecule is Cc1cc(Br)cc(C)c1OC(C)C(=O)N(CCC(N)=O)CCc1ccccc1. The van der Waals surface area contributed by atoms with E-state index >= 15 is 0 Å². The van der Waals surface area contributed by atoms with Crippen LogP contribution in [0.4, 0.5) is 0 Å². The summed E-state index contributed by atoms with van der Waals surface area (Å²) in [4.78, 5) is 25.9. The standard InChI is InChI=1S/C22H27BrN2O3/c1-15-13-19(23)14-16(2)21(15)28-17(3)22(27)25(12-10-20(24)26)11-9-18-7-5-4-6-8-18/h4-8,13-14,17H,9-12H2,1-3H3,(H2,24,26). The summed E-state index contributed by atoms with van der Waals surface area (Å²) in [5.41, 5.74) is 8.34. The van der Waals surface area contributed by atoms with E-state index in [0.717, 1.165) is 21.2 Å². The van der Waals surface area contributed by atoms with Gasteiger partial charge in [0.25, 0.3) is 5.91 Å². The number of hydrogen-bond acceptors (Lipinski definition) is 3. The van der Waals surface area contributed by atoms with Gasteiger partial charge in [-0.3, -0.25) is 9.59 Å². The first-order valence-electron chi connectivity index (χ1n) is 9.32. The van der Waals surface area contributed by atoms with E-state index in [0.29, 0.717) is 18.7 Å². The molecule has 0 aromatic heterocycles. The number of primary amides is 1. The van der Waals surface area contributed by atoms with Crippen molar-refractivity contribution in [3.63, 3.8) is 0 Å². The number of nitrogens with two attached hydrogens (primary N) is 1. The number of carbonyl (C=O) groups excluding carboxylic acids is 2. The summed E-state index contributed by atoms with van der Waals surface area (Å²) >= 11 is 3.47. The number of halogens is 1. The number of rotatable bonds is 9. The predicted molar refractivity (Wildman–Crippen MR) is 114 cm³/mol. The Kier molecular flexibility index (Phi) is 8.05. The molecule has 0 saturated heterocycles. The molecule has 5 nitrogen and oxygen atoms in total. The van der Waals surface area contributed by atoms with E-state index in [1.807, 2.05) is 56.3 Å². The molecule has 2 aromatic carbocycles. The zero-order chi connectivity index (χ0) is 20.7. The Bertz CT molecular complexity index is 801. The molecule has 0 aliphatic carbocycles. The molecule has 0 fully saturated rings. The van der Waals surface area contributed by atoms with Crippen molar-refractivity contribution < 1.29 is 14.3 Å². The van der Waals surface area contributed by atoms with Gasteiger partial charge in [0, 0.05) is 24.0 Å². The van der Waals surface area contributed by atoms with Crippen molar-refractivity contribution in [2.75, 3.05) is 13.1 Å². The van der Waals surface area contributed by atoms with Crippen molar-refractivity contribution in [3.05, 3.63) is 63.6 Å². The Labute approximate surface area is 175 Å². The fraction of sp³-hybridized carbons (Fsp3) is 0.364. The van der Waals surface area contributed by atoms with Crippen molar-refractivity contribution in [2.24, 2.45) is 5.73 Å². The highest BCUT2D eigenvalue weighted by atomic mass is 79.9. The van der Waals surface area contributed by atoms with Gasteiger partial charge in [0.2, 0.25) is 5.91 Å². The first-order valence-corrected chi connectivity index (χ1v) is 10.1. The molecule has 0 spiro atoms. The predicted octanol–water partition coefficient (Wildman–Crippen LogP) is 3.78. The lowest BCUT2D eigenvalue weighted by molar-refractivity contribution is -0.138. The summed E-state index contributed by atoms with van der Waals surface area (Å²) in [5, 5.41) is 0. The van der Waals surface area contributed by atoms with Crippen molar-refractivity contribution in [1.82, 2.24) is 4.90 Å². The Morgan fingerprint density at radius 1 is 1.11 bits per heavy atom. The van der Waals surface area contributed by atoms with Gasteiger partial charge in [0.1, 0.15) is 5.75 Å². The molecule has 6 heteroatoms. The molecule has 0 heterocycles. The highest BCUT2D eigenvalue weighted by molar-refractivity contribution is 9.10. The second kappa shape index (κ2) is 10.3. The Hall–Kier alpha value is -2.34. The lowest BCUT2D eigenvalue weighted by atomic mass is 10.1. The minimum absolute atomic E-state index is 0.129. The van der Waals surface area contributed by atoms with Gasteiger partial charge in [0.05, 0.1) is 0 Å². The molecule has 0 bridgehead atoms. The molecule has 2 N–H and O–H groups in total. The maximum atomic E-state index is 13.0. The molecule has 0 saturated carbocycles. The fourth-order valence-corrected chi connectivity index (χ4v) is 3.74. The lowest BCUT2D eigenvalue weighted by Gasteiger charge is -2.27. The van der Waals surface area contributed by atoms with E-state index in [1.54, 1.807) is 11.8 Å². The van der Waals surface area contributed by atoms with Crippen LogP contribution < -0.4 is 10.5 Å². The first-order chi connectivity index (χ1) is 13.3. The van der Waals surface area contributed by atoms with E-state index in [9.17, 15) is 9.59 Å². The molecule has 150 valence electrons. The molecule has 2 rings (SSSR count). The highest BCUT2D eigenvalue weighted by Gasteiger charge is 2.23. The normalized spacial score (nSPS) is 11.7. The monoisotopic (exact) mass is 446 g/mol. The van der Waals surface area contributed by atoms with Crippen LogP contribution in [0.1, 0.15) is 30.0 Å². The zero-order valence-corrected chi connectivity index (χ0v) is 18.2. The maximum Gasteiger partial charge on any atom is 0.263 e. The Morgan fingerprint density at radius 2 is 1.71 bits per heavy atom. The summed E-state index contributed by atoms with van der Waals surface area (Å²) in [7, 11) is 0. The third kappa shape index (κ3) is 6.37. The van der Waals surface area contributed by atoms with Crippen LogP contribution in [0.2, 0.25) is 0 Å². The lowest BCUT2D eigenvalue weighted by Crippen LogP contribution is -2.43. The largest absolute Gasteiger partial charge is 0.480 e. The molecular formula is C22H27BrN2O3. The summed E-state index contributed by atoms with van der Waals surface area (Å²) in [6, 6.07) is 13.8. The number of hydrogen-bond donors (Lipinski definition) is 1. The zero-order valence-electron chi connectivity index (χ0n) is 16.6. The number of benzene rings is 2. The molecule has 2 amide bonds. The summed E-state index contributed by atoms with van der Waals surface area (Å²) in [5.74, 6) is 0.131. The van der Waals surface area contributed by atoms with Crippen LogP contribution in [0.15, 0.2) is 46.9 Å². The van der Waals surface area contributed by atoms with E-state index < -0.39 is 12.0 Å². The van der Waals surface area contributed by atoms with Gasteiger partial charge in [-0.2, -0.15) is 0 Å². The topological polar surface area (TPSA) is 72.6 Å². The Balaban J connectivity index is 2.10. The van der Waals surface area contributed by atoms with Gasteiger partial charge in [-0.05, 0) is 56.0 Å². The van der Waals surface area contributed by atoms with Crippen molar-refractivity contribution in [2.45, 2.75) is 39.7 Å². The van der Waals surface area contributed by atoms with Crippen LogP contribution in [-0.2, 0) is 16.0 Å². The van der Waals surface area contributed by atoms with Gasteiger partial charge in [-0.1, -0.05) is 46.3 Å². The number of carbonyl (C=O) groups is 2. The quantitative estimate of drug-likeness (QED) is 0.636. The second-order valence-electron chi connectivity index (χ2n) is 6.91. The highest BCUT2D eigenvalue weighted by Crippen LogP contribution is 2.28. The van der Waals surface area contributed by atoms with Crippen molar-refractivity contribution in [3.8, 4) is 5.75 Å². The fourth-order valence-electron chi connectivity index (χ4n) is 3.05. The maximum absolute atomic E-state index is 13.0. The van der Waals surface area contributed by atoms with E-state index in [1.165, 1.54) is 0 Å². The minimum Gasteiger partial charge on any atom is -0.480 e. The number of aryl methyl sites for hydroxylation is 2. The summed E-state index contributed by atoms with van der Waals surface area (Å²) in [6.45, 7) is 6.42. The van der Waals surface area contributed by atoms with Gasteiger partial charge >= 0.3 is 0 Å². The molecule has 28 heavy (non-hydrogen) atoms. The molecule has 0 aliphatic rings. The molecular weight excluding hydrogens is 420 g/mol. The molecule has 1 unspecified atom stereocenters.